The second-order valence-corrected chi connectivity index (χ2v) is 7.62. The summed E-state index contributed by atoms with van der Waals surface area (Å²) in [5.41, 5.74) is 1.06. The van der Waals surface area contributed by atoms with E-state index in [1.54, 1.807) is 24.3 Å². The summed E-state index contributed by atoms with van der Waals surface area (Å²) in [7, 11) is -3.35. The van der Waals surface area contributed by atoms with Crippen molar-refractivity contribution in [3.8, 4) is 0 Å². The largest absolute Gasteiger partial charge is 0.294 e. The third-order valence-corrected chi connectivity index (χ3v) is 5.78. The average Bonchev–Trinajstić information content (AvgIpc) is 2.48. The van der Waals surface area contributed by atoms with Gasteiger partial charge in [-0.2, -0.15) is 0 Å². The molecule has 5 heteroatoms. The highest BCUT2D eigenvalue weighted by Gasteiger charge is 2.27. The highest BCUT2D eigenvalue weighted by atomic mass is 32.2. The highest BCUT2D eigenvalue weighted by molar-refractivity contribution is 7.93. The number of anilines is 1. The molecular formula is C16H23NO3S. The number of benzene rings is 1. The van der Waals surface area contributed by atoms with Gasteiger partial charge in [-0.1, -0.05) is 38.3 Å². The summed E-state index contributed by atoms with van der Waals surface area (Å²) in [5, 5.41) is -0.304. The smallest absolute Gasteiger partial charge is 0.235 e. The summed E-state index contributed by atoms with van der Waals surface area (Å²) in [5.74, 6) is 0.0521. The standard InChI is InChI=1S/C16H23NO3S/c1-2-7-16(18)13-8-6-9-14(12-13)17-21(19,20)15-10-4-3-5-11-15/h6,8-9,12,15,17H,2-5,7,10-11H2,1H3. The Morgan fingerprint density at radius 1 is 1.24 bits per heavy atom. The molecule has 1 aromatic rings. The molecule has 0 heterocycles. The van der Waals surface area contributed by atoms with Gasteiger partial charge in [0.15, 0.2) is 5.78 Å². The van der Waals surface area contributed by atoms with Gasteiger partial charge in [-0.05, 0) is 31.4 Å². The second-order valence-electron chi connectivity index (χ2n) is 5.66. The molecule has 1 aliphatic carbocycles. The molecule has 0 amide bonds. The van der Waals surface area contributed by atoms with Gasteiger partial charge in [0.25, 0.3) is 0 Å². The molecule has 4 nitrogen and oxygen atoms in total. The lowest BCUT2D eigenvalue weighted by Gasteiger charge is -2.22. The van der Waals surface area contributed by atoms with E-state index in [0.29, 0.717) is 17.7 Å². The third kappa shape index (κ3) is 4.30. The van der Waals surface area contributed by atoms with E-state index in [2.05, 4.69) is 4.72 Å². The van der Waals surface area contributed by atoms with Crippen molar-refractivity contribution in [3.63, 3.8) is 0 Å². The summed E-state index contributed by atoms with van der Waals surface area (Å²) in [6, 6.07) is 6.79. The van der Waals surface area contributed by atoms with Gasteiger partial charge in [0.05, 0.1) is 5.25 Å². The van der Waals surface area contributed by atoms with Gasteiger partial charge in [-0.3, -0.25) is 9.52 Å². The first-order chi connectivity index (χ1) is 10.0. The SMILES string of the molecule is CCCC(=O)c1cccc(NS(=O)(=O)C2CCCCC2)c1. The van der Waals surface area contributed by atoms with Gasteiger partial charge in [0, 0.05) is 17.7 Å². The van der Waals surface area contributed by atoms with Crippen LogP contribution in [0.4, 0.5) is 5.69 Å². The molecular weight excluding hydrogens is 286 g/mol. The number of carbonyl (C=O) groups is 1. The fourth-order valence-corrected chi connectivity index (χ4v) is 4.33. The van der Waals surface area contributed by atoms with Crippen LogP contribution in [0.1, 0.15) is 62.2 Å². The molecule has 116 valence electrons. The normalized spacial score (nSPS) is 16.6. The first kappa shape index (κ1) is 16.0. The Morgan fingerprint density at radius 2 is 1.95 bits per heavy atom. The number of carbonyl (C=O) groups excluding carboxylic acids is 1. The summed E-state index contributed by atoms with van der Waals surface area (Å²) in [4.78, 5) is 11.9. The average molecular weight is 309 g/mol. The Kier molecular flexibility index (Phi) is 5.39. The number of ketones is 1. The Hall–Kier alpha value is -1.36. The van der Waals surface area contributed by atoms with Gasteiger partial charge in [-0.15, -0.1) is 0 Å². The number of nitrogens with one attached hydrogen (secondary N) is 1. The Labute approximate surface area is 127 Å². The Balaban J connectivity index is 2.11. The van der Waals surface area contributed by atoms with Crippen molar-refractivity contribution in [1.29, 1.82) is 0 Å². The lowest BCUT2D eigenvalue weighted by molar-refractivity contribution is 0.0982. The minimum absolute atomic E-state index is 0.0521. The molecule has 1 fully saturated rings. The molecule has 1 N–H and O–H groups in total. The first-order valence-electron chi connectivity index (χ1n) is 7.68. The van der Waals surface area contributed by atoms with E-state index in [1.807, 2.05) is 6.92 Å². The van der Waals surface area contributed by atoms with Crippen molar-refractivity contribution in [2.24, 2.45) is 0 Å². The van der Waals surface area contributed by atoms with E-state index in [4.69, 9.17) is 0 Å². The molecule has 0 aliphatic heterocycles. The number of Topliss-reactive ketones (excluding diaryl/α,β-unsaturated/α-hetero) is 1. The molecule has 21 heavy (non-hydrogen) atoms. The van der Waals surface area contributed by atoms with Crippen LogP contribution in [0.3, 0.4) is 0 Å². The maximum atomic E-state index is 12.4. The van der Waals surface area contributed by atoms with E-state index >= 15 is 0 Å². The van der Waals surface area contributed by atoms with Crippen LogP contribution >= 0.6 is 0 Å². The van der Waals surface area contributed by atoms with Gasteiger partial charge in [-0.25, -0.2) is 8.42 Å². The molecule has 0 unspecified atom stereocenters. The zero-order chi connectivity index (χ0) is 15.3. The minimum Gasteiger partial charge on any atom is -0.294 e. The first-order valence-corrected chi connectivity index (χ1v) is 9.22. The summed E-state index contributed by atoms with van der Waals surface area (Å²) < 4.78 is 27.4. The van der Waals surface area contributed by atoms with Crippen LogP contribution in [0.25, 0.3) is 0 Å². The van der Waals surface area contributed by atoms with E-state index < -0.39 is 10.0 Å². The predicted octanol–water partition coefficient (Wildman–Crippen LogP) is 3.74. The maximum Gasteiger partial charge on any atom is 0.235 e. The molecule has 0 atom stereocenters. The quantitative estimate of drug-likeness (QED) is 0.814. The van der Waals surface area contributed by atoms with Crippen molar-refractivity contribution >= 4 is 21.5 Å². The predicted molar refractivity (Wildman–Crippen MR) is 85.1 cm³/mol. The van der Waals surface area contributed by atoms with E-state index in [0.717, 1.165) is 38.5 Å². The topological polar surface area (TPSA) is 63.2 Å². The van der Waals surface area contributed by atoms with Gasteiger partial charge in [0.2, 0.25) is 10.0 Å². The van der Waals surface area contributed by atoms with Crippen LogP contribution in [0, 0.1) is 0 Å². The Bertz CT molecular complexity index is 589. The number of sulfonamides is 1. The van der Waals surface area contributed by atoms with Crippen LogP contribution in [0.5, 0.6) is 0 Å². The molecule has 1 aliphatic rings. The highest BCUT2D eigenvalue weighted by Crippen LogP contribution is 2.25. The van der Waals surface area contributed by atoms with E-state index in [-0.39, 0.29) is 11.0 Å². The molecule has 1 saturated carbocycles. The van der Waals surface area contributed by atoms with Crippen LogP contribution in [0.2, 0.25) is 0 Å². The van der Waals surface area contributed by atoms with Crippen molar-refractivity contribution in [2.75, 3.05) is 4.72 Å². The molecule has 0 saturated heterocycles. The van der Waals surface area contributed by atoms with Crippen molar-refractivity contribution in [3.05, 3.63) is 29.8 Å². The number of rotatable bonds is 6. The van der Waals surface area contributed by atoms with Crippen LogP contribution in [0.15, 0.2) is 24.3 Å². The summed E-state index contributed by atoms with van der Waals surface area (Å²) in [6.45, 7) is 1.95. The fourth-order valence-electron chi connectivity index (χ4n) is 2.75. The summed E-state index contributed by atoms with van der Waals surface area (Å²) in [6.07, 6.45) is 5.79. The lowest BCUT2D eigenvalue weighted by atomic mass is 10.0. The summed E-state index contributed by atoms with van der Waals surface area (Å²) >= 11 is 0. The monoisotopic (exact) mass is 309 g/mol. The molecule has 2 rings (SSSR count). The second kappa shape index (κ2) is 7.07. The third-order valence-electron chi connectivity index (χ3n) is 3.91. The maximum absolute atomic E-state index is 12.4. The number of hydrogen-bond donors (Lipinski definition) is 1. The fraction of sp³-hybridized carbons (Fsp3) is 0.562. The van der Waals surface area contributed by atoms with Crippen molar-refractivity contribution in [1.82, 2.24) is 0 Å². The molecule has 0 bridgehead atoms. The van der Waals surface area contributed by atoms with Crippen LogP contribution in [-0.4, -0.2) is 19.5 Å². The zero-order valence-electron chi connectivity index (χ0n) is 12.5. The zero-order valence-corrected chi connectivity index (χ0v) is 13.3. The van der Waals surface area contributed by atoms with Crippen LogP contribution < -0.4 is 4.72 Å². The van der Waals surface area contributed by atoms with E-state index in [1.165, 1.54) is 0 Å². The van der Waals surface area contributed by atoms with Crippen molar-refractivity contribution < 1.29 is 13.2 Å². The van der Waals surface area contributed by atoms with Gasteiger partial charge < -0.3 is 0 Å². The lowest BCUT2D eigenvalue weighted by Crippen LogP contribution is -2.29. The van der Waals surface area contributed by atoms with E-state index in [9.17, 15) is 13.2 Å². The minimum atomic E-state index is -3.35. The molecule has 0 aromatic heterocycles. The van der Waals surface area contributed by atoms with Crippen molar-refractivity contribution in [2.45, 2.75) is 57.1 Å². The van der Waals surface area contributed by atoms with Gasteiger partial charge >= 0.3 is 0 Å². The molecule has 1 aromatic carbocycles. The molecule has 0 radical (unpaired) electrons. The molecule has 0 spiro atoms. The Morgan fingerprint density at radius 3 is 2.62 bits per heavy atom. The van der Waals surface area contributed by atoms with Gasteiger partial charge in [0.1, 0.15) is 0 Å². The number of hydrogen-bond acceptors (Lipinski definition) is 3. The van der Waals surface area contributed by atoms with Crippen LogP contribution in [-0.2, 0) is 10.0 Å².